The quantitative estimate of drug-likeness (QED) is 0.709. The lowest BCUT2D eigenvalue weighted by Gasteiger charge is -2.52. The highest BCUT2D eigenvalue weighted by molar-refractivity contribution is 5.54. The van der Waals surface area contributed by atoms with Crippen LogP contribution in [0.4, 0.5) is 0 Å². The third-order valence-electron chi connectivity index (χ3n) is 6.75. The molecule has 0 unspecified atom stereocenters. The fraction of sp³-hybridized carbons (Fsp3) is 0.440. The van der Waals surface area contributed by atoms with Gasteiger partial charge in [-0.15, -0.1) is 0 Å². The van der Waals surface area contributed by atoms with Gasteiger partial charge in [0.1, 0.15) is 5.75 Å². The van der Waals surface area contributed by atoms with Crippen LogP contribution in [0.2, 0.25) is 0 Å². The Bertz CT molecular complexity index is 797. The summed E-state index contributed by atoms with van der Waals surface area (Å²) in [4.78, 5) is 2.63. The van der Waals surface area contributed by atoms with E-state index in [0.29, 0.717) is 0 Å². The van der Waals surface area contributed by atoms with Gasteiger partial charge >= 0.3 is 0 Å². The summed E-state index contributed by atoms with van der Waals surface area (Å²) in [6, 6.07) is 19.7. The number of piperidine rings is 1. The van der Waals surface area contributed by atoms with Crippen LogP contribution in [0, 0.1) is 5.92 Å². The first kappa shape index (κ1) is 18.3. The maximum Gasteiger partial charge on any atom is 0.119 e. The highest BCUT2D eigenvalue weighted by atomic mass is 16.5. The Morgan fingerprint density at radius 1 is 1.15 bits per heavy atom. The van der Waals surface area contributed by atoms with E-state index >= 15 is 0 Å². The average molecular weight is 362 g/mol. The first-order valence-electron chi connectivity index (χ1n) is 10.3. The molecular formula is C25H31NO. The number of benzene rings is 2. The zero-order valence-corrected chi connectivity index (χ0v) is 16.7. The SMILES string of the molecule is CCN1CC[C@@]2(c3cccc(OC)c3)C/C(=C/c3ccccc3)CC[C@@H]2C1. The molecule has 0 radical (unpaired) electrons. The number of fused-ring (bicyclic) bond motifs is 1. The van der Waals surface area contributed by atoms with Gasteiger partial charge in [-0.2, -0.15) is 0 Å². The molecule has 1 saturated carbocycles. The van der Waals surface area contributed by atoms with Crippen molar-refractivity contribution in [1.82, 2.24) is 4.90 Å². The number of likely N-dealkylation sites (tertiary alicyclic amines) is 1. The van der Waals surface area contributed by atoms with E-state index in [4.69, 9.17) is 4.74 Å². The van der Waals surface area contributed by atoms with Crippen LogP contribution < -0.4 is 4.74 Å². The lowest BCUT2D eigenvalue weighted by Crippen LogP contribution is -2.51. The maximum atomic E-state index is 5.56. The molecule has 0 aromatic heterocycles. The van der Waals surface area contributed by atoms with Crippen LogP contribution in [0.3, 0.4) is 0 Å². The summed E-state index contributed by atoms with van der Waals surface area (Å²) in [7, 11) is 1.77. The summed E-state index contributed by atoms with van der Waals surface area (Å²) in [5, 5.41) is 0. The maximum absolute atomic E-state index is 5.56. The Balaban J connectivity index is 1.71. The van der Waals surface area contributed by atoms with Gasteiger partial charge in [-0.25, -0.2) is 0 Å². The summed E-state index contributed by atoms with van der Waals surface area (Å²) in [5.41, 5.74) is 4.66. The van der Waals surface area contributed by atoms with E-state index in [-0.39, 0.29) is 5.41 Å². The highest BCUT2D eigenvalue weighted by Crippen LogP contribution is 2.51. The molecule has 0 spiro atoms. The molecule has 2 atom stereocenters. The standard InChI is InChI=1S/C25H31NO/c1-3-26-15-14-25(22-10-7-11-24(17-22)27-2)18-21(12-13-23(25)19-26)16-20-8-5-4-6-9-20/h4-11,16-17,23H,3,12-15,18-19H2,1-2H3/b21-16+/t23-,25+/m1/s1. The fourth-order valence-electron chi connectivity index (χ4n) is 5.20. The fourth-order valence-corrected chi connectivity index (χ4v) is 5.20. The lowest BCUT2D eigenvalue weighted by atomic mass is 9.58. The number of methoxy groups -OCH3 is 1. The van der Waals surface area contributed by atoms with E-state index in [1.165, 1.54) is 49.9 Å². The Kier molecular flexibility index (Phi) is 5.36. The zero-order valence-electron chi connectivity index (χ0n) is 16.7. The van der Waals surface area contributed by atoms with Crippen molar-refractivity contribution < 1.29 is 4.74 Å². The van der Waals surface area contributed by atoms with Gasteiger partial charge in [-0.1, -0.05) is 61.0 Å². The van der Waals surface area contributed by atoms with Gasteiger partial charge < -0.3 is 9.64 Å². The molecule has 1 saturated heterocycles. The number of hydrogen-bond acceptors (Lipinski definition) is 2. The summed E-state index contributed by atoms with van der Waals surface area (Å²) >= 11 is 0. The predicted molar refractivity (Wildman–Crippen MR) is 113 cm³/mol. The summed E-state index contributed by atoms with van der Waals surface area (Å²) < 4.78 is 5.56. The molecule has 2 fully saturated rings. The van der Waals surface area contributed by atoms with Crippen LogP contribution in [0.5, 0.6) is 5.75 Å². The second-order valence-corrected chi connectivity index (χ2v) is 8.16. The normalized spacial score (nSPS) is 27.3. The Morgan fingerprint density at radius 3 is 2.78 bits per heavy atom. The predicted octanol–water partition coefficient (Wildman–Crippen LogP) is 5.54. The average Bonchev–Trinajstić information content (AvgIpc) is 2.74. The van der Waals surface area contributed by atoms with Crippen molar-refractivity contribution >= 4 is 6.08 Å². The molecule has 4 rings (SSSR count). The second kappa shape index (κ2) is 7.90. The lowest BCUT2D eigenvalue weighted by molar-refractivity contribution is 0.0748. The molecule has 27 heavy (non-hydrogen) atoms. The number of allylic oxidation sites excluding steroid dienone is 1. The molecule has 0 bridgehead atoms. The molecule has 142 valence electrons. The van der Waals surface area contributed by atoms with Crippen molar-refractivity contribution in [3.8, 4) is 5.75 Å². The monoisotopic (exact) mass is 361 g/mol. The van der Waals surface area contributed by atoms with Crippen LogP contribution in [-0.4, -0.2) is 31.6 Å². The first-order chi connectivity index (χ1) is 13.2. The van der Waals surface area contributed by atoms with Gasteiger partial charge in [-0.3, -0.25) is 0 Å². The molecule has 1 aliphatic heterocycles. The minimum atomic E-state index is 0.249. The van der Waals surface area contributed by atoms with E-state index in [1.54, 1.807) is 12.7 Å². The Hall–Kier alpha value is -2.06. The van der Waals surface area contributed by atoms with Crippen molar-refractivity contribution in [2.24, 2.45) is 5.92 Å². The third-order valence-corrected chi connectivity index (χ3v) is 6.75. The van der Waals surface area contributed by atoms with Gasteiger partial charge in [0.05, 0.1) is 7.11 Å². The molecule has 2 aromatic rings. The molecule has 1 heterocycles. The number of hydrogen-bond donors (Lipinski definition) is 0. The number of nitrogens with zero attached hydrogens (tertiary/aromatic N) is 1. The topological polar surface area (TPSA) is 12.5 Å². The molecule has 2 nitrogen and oxygen atoms in total. The second-order valence-electron chi connectivity index (χ2n) is 8.16. The van der Waals surface area contributed by atoms with Crippen molar-refractivity contribution in [1.29, 1.82) is 0 Å². The zero-order chi connectivity index (χ0) is 18.7. The van der Waals surface area contributed by atoms with Crippen LogP contribution in [0.25, 0.3) is 6.08 Å². The minimum absolute atomic E-state index is 0.249. The molecular weight excluding hydrogens is 330 g/mol. The van der Waals surface area contributed by atoms with Gasteiger partial charge in [0.15, 0.2) is 0 Å². The smallest absolute Gasteiger partial charge is 0.119 e. The van der Waals surface area contributed by atoms with Crippen LogP contribution >= 0.6 is 0 Å². The van der Waals surface area contributed by atoms with E-state index in [9.17, 15) is 0 Å². The van der Waals surface area contributed by atoms with Gasteiger partial charge in [0.25, 0.3) is 0 Å². The van der Waals surface area contributed by atoms with E-state index in [1.807, 2.05) is 0 Å². The molecule has 0 N–H and O–H groups in total. The van der Waals surface area contributed by atoms with E-state index < -0.39 is 0 Å². The third kappa shape index (κ3) is 3.68. The molecule has 1 aliphatic carbocycles. The molecule has 2 aliphatic rings. The largest absolute Gasteiger partial charge is 0.497 e. The first-order valence-corrected chi connectivity index (χ1v) is 10.3. The van der Waals surface area contributed by atoms with Crippen molar-refractivity contribution in [2.75, 3.05) is 26.7 Å². The Labute approximate surface area is 163 Å². The number of rotatable bonds is 4. The van der Waals surface area contributed by atoms with Gasteiger partial charge in [-0.05, 0) is 68.0 Å². The summed E-state index contributed by atoms with van der Waals surface area (Å²) in [5.74, 6) is 1.71. The molecule has 0 amide bonds. The van der Waals surface area contributed by atoms with Crippen molar-refractivity contribution in [3.05, 3.63) is 71.3 Å². The van der Waals surface area contributed by atoms with E-state index in [0.717, 1.165) is 18.2 Å². The summed E-state index contributed by atoms with van der Waals surface area (Å²) in [6.07, 6.45) is 7.36. The van der Waals surface area contributed by atoms with Crippen LogP contribution in [-0.2, 0) is 5.41 Å². The van der Waals surface area contributed by atoms with Crippen molar-refractivity contribution in [2.45, 2.75) is 38.0 Å². The van der Waals surface area contributed by atoms with E-state index in [2.05, 4.69) is 72.5 Å². The van der Waals surface area contributed by atoms with Crippen LogP contribution in [0.1, 0.15) is 43.7 Å². The van der Waals surface area contributed by atoms with Gasteiger partial charge in [0.2, 0.25) is 0 Å². The minimum Gasteiger partial charge on any atom is -0.497 e. The van der Waals surface area contributed by atoms with Gasteiger partial charge in [0, 0.05) is 12.0 Å². The van der Waals surface area contributed by atoms with Crippen molar-refractivity contribution in [3.63, 3.8) is 0 Å². The molecule has 2 heteroatoms. The highest BCUT2D eigenvalue weighted by Gasteiger charge is 2.46. The Morgan fingerprint density at radius 2 is 2.00 bits per heavy atom. The van der Waals surface area contributed by atoms with Crippen LogP contribution in [0.15, 0.2) is 60.2 Å². The number of ether oxygens (including phenoxy) is 1. The molecule has 2 aromatic carbocycles. The summed E-state index contributed by atoms with van der Waals surface area (Å²) in [6.45, 7) is 5.88.